The standard InChI is InChI=1S/C23H27FN4O/c24-19-6-4-5-18(13-19)14-26-15-21(16-26)27-11-9-23(10-12-27)22(29)25-17-28(23)20-7-2-1-3-8-20/h1-8,13,21H,9-12,14-17H2,(H,25,29). The molecule has 0 aromatic heterocycles. The van der Waals surface area contributed by atoms with E-state index >= 15 is 0 Å². The summed E-state index contributed by atoms with van der Waals surface area (Å²) in [6, 6.07) is 17.7. The number of nitrogens with zero attached hydrogens (tertiary/aromatic N) is 3. The van der Waals surface area contributed by atoms with Crippen LogP contribution in [0.25, 0.3) is 0 Å². The number of benzene rings is 2. The van der Waals surface area contributed by atoms with Crippen molar-refractivity contribution < 1.29 is 9.18 Å². The molecule has 0 radical (unpaired) electrons. The van der Waals surface area contributed by atoms with Gasteiger partial charge in [0.2, 0.25) is 5.91 Å². The Morgan fingerprint density at radius 2 is 1.79 bits per heavy atom. The number of anilines is 1. The lowest BCUT2D eigenvalue weighted by Crippen LogP contribution is -2.64. The molecule has 0 bridgehead atoms. The molecule has 5 nitrogen and oxygen atoms in total. The molecule has 0 unspecified atom stereocenters. The average Bonchev–Trinajstić information content (AvgIpc) is 3.02. The van der Waals surface area contributed by atoms with Gasteiger partial charge in [-0.3, -0.25) is 14.6 Å². The summed E-state index contributed by atoms with van der Waals surface area (Å²) < 4.78 is 13.4. The highest BCUT2D eigenvalue weighted by Crippen LogP contribution is 2.37. The predicted molar refractivity (Wildman–Crippen MR) is 111 cm³/mol. The van der Waals surface area contributed by atoms with Crippen LogP contribution in [0, 0.1) is 5.82 Å². The number of amides is 1. The molecule has 0 atom stereocenters. The van der Waals surface area contributed by atoms with E-state index in [1.54, 1.807) is 12.1 Å². The Balaban J connectivity index is 1.18. The fraction of sp³-hybridized carbons (Fsp3) is 0.435. The minimum absolute atomic E-state index is 0.168. The van der Waals surface area contributed by atoms with E-state index < -0.39 is 5.54 Å². The van der Waals surface area contributed by atoms with Gasteiger partial charge in [0.15, 0.2) is 0 Å². The molecule has 2 aromatic rings. The number of halogens is 1. The van der Waals surface area contributed by atoms with E-state index in [0.29, 0.717) is 12.7 Å². The highest BCUT2D eigenvalue weighted by atomic mass is 19.1. The summed E-state index contributed by atoms with van der Waals surface area (Å²) in [5.74, 6) is 0.000978. The first-order chi connectivity index (χ1) is 14.1. The number of carbonyl (C=O) groups excluding carboxylic acids is 1. The number of carbonyl (C=O) groups is 1. The number of piperidine rings is 1. The summed E-state index contributed by atoms with van der Waals surface area (Å²) in [5.41, 5.74) is 1.73. The molecule has 3 heterocycles. The molecule has 152 valence electrons. The first kappa shape index (κ1) is 18.6. The lowest BCUT2D eigenvalue weighted by atomic mass is 9.84. The van der Waals surface area contributed by atoms with Gasteiger partial charge in [-0.25, -0.2) is 4.39 Å². The van der Waals surface area contributed by atoms with E-state index in [2.05, 4.69) is 32.1 Å². The van der Waals surface area contributed by atoms with Crippen LogP contribution in [0.1, 0.15) is 18.4 Å². The fourth-order valence-electron chi connectivity index (χ4n) is 5.09. The van der Waals surface area contributed by atoms with E-state index in [9.17, 15) is 9.18 Å². The third kappa shape index (κ3) is 3.40. The Morgan fingerprint density at radius 1 is 1.03 bits per heavy atom. The summed E-state index contributed by atoms with van der Waals surface area (Å²) in [6.45, 7) is 5.30. The first-order valence-corrected chi connectivity index (χ1v) is 10.5. The smallest absolute Gasteiger partial charge is 0.247 e. The summed E-state index contributed by atoms with van der Waals surface area (Å²) in [5, 5.41) is 3.07. The van der Waals surface area contributed by atoms with E-state index in [1.165, 1.54) is 6.07 Å². The van der Waals surface area contributed by atoms with Crippen LogP contribution < -0.4 is 10.2 Å². The van der Waals surface area contributed by atoms with Gasteiger partial charge >= 0.3 is 0 Å². The van der Waals surface area contributed by atoms with Gasteiger partial charge in [0, 0.05) is 44.5 Å². The fourth-order valence-corrected chi connectivity index (χ4v) is 5.09. The molecular formula is C23H27FN4O. The molecule has 0 saturated carbocycles. The van der Waals surface area contributed by atoms with Crippen LogP contribution in [-0.2, 0) is 11.3 Å². The maximum atomic E-state index is 13.4. The molecule has 5 rings (SSSR count). The lowest BCUT2D eigenvalue weighted by molar-refractivity contribution is -0.125. The summed E-state index contributed by atoms with van der Waals surface area (Å²) >= 11 is 0. The van der Waals surface area contributed by atoms with Gasteiger partial charge in [0.1, 0.15) is 11.4 Å². The quantitative estimate of drug-likeness (QED) is 0.865. The number of likely N-dealkylation sites (tertiary alicyclic amines) is 2. The number of rotatable bonds is 4. The van der Waals surface area contributed by atoms with Crippen molar-refractivity contribution in [2.75, 3.05) is 37.7 Å². The molecular weight excluding hydrogens is 367 g/mol. The van der Waals surface area contributed by atoms with Crippen molar-refractivity contribution in [1.29, 1.82) is 0 Å². The Morgan fingerprint density at radius 3 is 2.52 bits per heavy atom. The molecule has 3 saturated heterocycles. The van der Waals surface area contributed by atoms with Crippen LogP contribution in [0.5, 0.6) is 0 Å². The third-order valence-corrected chi connectivity index (χ3v) is 6.78. The van der Waals surface area contributed by atoms with Crippen LogP contribution in [0.4, 0.5) is 10.1 Å². The third-order valence-electron chi connectivity index (χ3n) is 6.78. The van der Waals surface area contributed by atoms with Crippen molar-refractivity contribution in [3.05, 3.63) is 66.0 Å². The van der Waals surface area contributed by atoms with E-state index in [4.69, 9.17) is 0 Å². The highest BCUT2D eigenvalue weighted by molar-refractivity contribution is 5.93. The monoisotopic (exact) mass is 394 g/mol. The molecule has 3 aliphatic heterocycles. The molecule has 0 aliphatic carbocycles. The summed E-state index contributed by atoms with van der Waals surface area (Å²) in [7, 11) is 0. The van der Waals surface area contributed by atoms with Crippen molar-refractivity contribution in [2.45, 2.75) is 31.0 Å². The minimum Gasteiger partial charge on any atom is -0.339 e. The van der Waals surface area contributed by atoms with Gasteiger partial charge in [-0.15, -0.1) is 0 Å². The van der Waals surface area contributed by atoms with E-state index in [0.717, 1.165) is 56.8 Å². The summed E-state index contributed by atoms with van der Waals surface area (Å²) in [4.78, 5) is 19.9. The molecule has 1 spiro atoms. The van der Waals surface area contributed by atoms with Crippen molar-refractivity contribution in [2.24, 2.45) is 0 Å². The molecule has 2 aromatic carbocycles. The van der Waals surface area contributed by atoms with Crippen molar-refractivity contribution in [3.8, 4) is 0 Å². The molecule has 3 fully saturated rings. The van der Waals surface area contributed by atoms with E-state index in [1.807, 2.05) is 24.3 Å². The second-order valence-electron chi connectivity index (χ2n) is 8.47. The van der Waals surface area contributed by atoms with Crippen LogP contribution in [-0.4, -0.2) is 60.1 Å². The topological polar surface area (TPSA) is 38.8 Å². The Labute approximate surface area is 171 Å². The van der Waals surface area contributed by atoms with Crippen LogP contribution in [0.2, 0.25) is 0 Å². The number of hydrogen-bond acceptors (Lipinski definition) is 4. The van der Waals surface area contributed by atoms with Crippen molar-refractivity contribution >= 4 is 11.6 Å². The number of hydrogen-bond donors (Lipinski definition) is 1. The van der Waals surface area contributed by atoms with Gasteiger partial charge in [-0.2, -0.15) is 0 Å². The zero-order valence-electron chi connectivity index (χ0n) is 16.6. The lowest BCUT2D eigenvalue weighted by Gasteiger charge is -2.50. The van der Waals surface area contributed by atoms with Crippen LogP contribution in [0.3, 0.4) is 0 Å². The second-order valence-corrected chi connectivity index (χ2v) is 8.47. The maximum Gasteiger partial charge on any atom is 0.247 e. The first-order valence-electron chi connectivity index (χ1n) is 10.5. The Hall–Kier alpha value is -2.44. The average molecular weight is 394 g/mol. The molecule has 29 heavy (non-hydrogen) atoms. The predicted octanol–water partition coefficient (Wildman–Crippen LogP) is 2.44. The SMILES string of the molecule is O=C1NCN(c2ccccc2)C12CCN(C1CN(Cc3cccc(F)c3)C1)CC2. The van der Waals surface area contributed by atoms with Gasteiger partial charge in [-0.1, -0.05) is 30.3 Å². The Bertz CT molecular complexity index is 875. The van der Waals surface area contributed by atoms with Gasteiger partial charge in [-0.05, 0) is 42.7 Å². The molecule has 1 amide bonds. The highest BCUT2D eigenvalue weighted by Gasteiger charge is 2.51. The van der Waals surface area contributed by atoms with Gasteiger partial charge in [0.05, 0.1) is 6.67 Å². The number of para-hydroxylation sites is 1. The minimum atomic E-state index is -0.414. The van der Waals surface area contributed by atoms with Crippen LogP contribution >= 0.6 is 0 Å². The molecule has 6 heteroatoms. The van der Waals surface area contributed by atoms with Gasteiger partial charge in [0.25, 0.3) is 0 Å². The molecule has 3 aliphatic rings. The molecule has 1 N–H and O–H groups in total. The van der Waals surface area contributed by atoms with E-state index in [-0.39, 0.29) is 11.7 Å². The zero-order valence-corrected chi connectivity index (χ0v) is 16.6. The number of nitrogens with one attached hydrogen (secondary N) is 1. The second kappa shape index (κ2) is 7.43. The van der Waals surface area contributed by atoms with Crippen molar-refractivity contribution in [3.63, 3.8) is 0 Å². The largest absolute Gasteiger partial charge is 0.339 e. The summed E-state index contributed by atoms with van der Waals surface area (Å²) in [6.07, 6.45) is 1.71. The Kier molecular flexibility index (Phi) is 4.76. The maximum absolute atomic E-state index is 13.4. The van der Waals surface area contributed by atoms with Crippen LogP contribution in [0.15, 0.2) is 54.6 Å². The zero-order chi connectivity index (χ0) is 19.8. The van der Waals surface area contributed by atoms with Crippen molar-refractivity contribution in [1.82, 2.24) is 15.1 Å². The van der Waals surface area contributed by atoms with Gasteiger partial charge < -0.3 is 10.2 Å². The normalized spacial score (nSPS) is 22.7.